The first kappa shape index (κ1) is 8.07. The standard InChI is InChI=1S/C7H10N2OS/c1-2-10-5-3-6(8)7(11)9-4-5/h3-4H,2,8H2,1H3,(H,9,11). The van der Waals surface area contributed by atoms with Gasteiger partial charge in [-0.05, 0) is 6.92 Å². The fourth-order valence-electron chi connectivity index (χ4n) is 0.730. The third-order valence-electron chi connectivity index (χ3n) is 1.22. The first-order chi connectivity index (χ1) is 5.24. The number of H-pyrrole nitrogens is 1. The summed E-state index contributed by atoms with van der Waals surface area (Å²) >= 11 is 4.86. The highest BCUT2D eigenvalue weighted by atomic mass is 32.1. The zero-order valence-electron chi connectivity index (χ0n) is 6.26. The molecule has 60 valence electrons. The zero-order chi connectivity index (χ0) is 8.27. The molecule has 1 aromatic heterocycles. The number of aromatic amines is 1. The highest BCUT2D eigenvalue weighted by Gasteiger charge is 1.93. The van der Waals surface area contributed by atoms with E-state index in [1.165, 1.54) is 0 Å². The van der Waals surface area contributed by atoms with E-state index in [4.69, 9.17) is 22.7 Å². The molecule has 0 aliphatic heterocycles. The molecule has 0 unspecified atom stereocenters. The average Bonchev–Trinajstić information content (AvgIpc) is 1.98. The molecule has 0 amide bonds. The maximum Gasteiger partial charge on any atom is 0.137 e. The number of rotatable bonds is 2. The molecule has 1 heterocycles. The number of nitrogens with one attached hydrogen (secondary N) is 1. The van der Waals surface area contributed by atoms with Gasteiger partial charge in [0.05, 0.1) is 12.3 Å². The van der Waals surface area contributed by atoms with Crippen molar-refractivity contribution in [1.82, 2.24) is 4.98 Å². The summed E-state index contributed by atoms with van der Waals surface area (Å²) in [7, 11) is 0. The minimum absolute atomic E-state index is 0.547. The van der Waals surface area contributed by atoms with Crippen molar-refractivity contribution < 1.29 is 4.74 Å². The lowest BCUT2D eigenvalue weighted by Gasteiger charge is -2.02. The van der Waals surface area contributed by atoms with Crippen molar-refractivity contribution in [2.75, 3.05) is 12.3 Å². The van der Waals surface area contributed by atoms with Crippen LogP contribution in [0.3, 0.4) is 0 Å². The second kappa shape index (κ2) is 3.39. The molecule has 0 radical (unpaired) electrons. The van der Waals surface area contributed by atoms with Crippen LogP contribution in [-0.4, -0.2) is 11.6 Å². The highest BCUT2D eigenvalue weighted by molar-refractivity contribution is 7.71. The SMILES string of the molecule is CCOc1c[nH]c(=S)c(N)c1. The van der Waals surface area contributed by atoms with Gasteiger partial charge < -0.3 is 15.5 Å². The monoisotopic (exact) mass is 170 g/mol. The maximum absolute atomic E-state index is 5.54. The largest absolute Gasteiger partial charge is 0.492 e. The van der Waals surface area contributed by atoms with Gasteiger partial charge in [-0.2, -0.15) is 0 Å². The van der Waals surface area contributed by atoms with Crippen molar-refractivity contribution in [2.45, 2.75) is 6.92 Å². The van der Waals surface area contributed by atoms with Crippen LogP contribution in [-0.2, 0) is 0 Å². The molecule has 4 heteroatoms. The van der Waals surface area contributed by atoms with E-state index in [1.54, 1.807) is 12.3 Å². The van der Waals surface area contributed by atoms with Crippen molar-refractivity contribution in [3.05, 3.63) is 16.9 Å². The molecule has 3 N–H and O–H groups in total. The van der Waals surface area contributed by atoms with Crippen LogP contribution in [0, 0.1) is 4.64 Å². The third-order valence-corrected chi connectivity index (χ3v) is 1.57. The fraction of sp³-hybridized carbons (Fsp3) is 0.286. The minimum Gasteiger partial charge on any atom is -0.492 e. The van der Waals surface area contributed by atoms with Crippen molar-refractivity contribution in [3.63, 3.8) is 0 Å². The zero-order valence-corrected chi connectivity index (χ0v) is 7.07. The Labute approximate surface area is 70.2 Å². The molecule has 0 spiro atoms. The second-order valence-electron chi connectivity index (χ2n) is 2.05. The summed E-state index contributed by atoms with van der Waals surface area (Å²) in [4.78, 5) is 2.82. The number of anilines is 1. The molecule has 0 aliphatic carbocycles. The summed E-state index contributed by atoms with van der Waals surface area (Å²) in [6.45, 7) is 2.54. The summed E-state index contributed by atoms with van der Waals surface area (Å²) in [6.07, 6.45) is 1.70. The summed E-state index contributed by atoms with van der Waals surface area (Å²) < 4.78 is 5.73. The third kappa shape index (κ3) is 1.94. The molecule has 3 nitrogen and oxygen atoms in total. The molecule has 1 rings (SSSR count). The molecular formula is C7H10N2OS. The predicted octanol–water partition coefficient (Wildman–Crippen LogP) is 1.73. The van der Waals surface area contributed by atoms with Gasteiger partial charge in [-0.25, -0.2) is 0 Å². The lowest BCUT2D eigenvalue weighted by molar-refractivity contribution is 0.339. The van der Waals surface area contributed by atoms with E-state index in [9.17, 15) is 0 Å². The Kier molecular flexibility index (Phi) is 2.48. The number of ether oxygens (including phenoxy) is 1. The Bertz CT molecular complexity index is 295. The first-order valence-electron chi connectivity index (χ1n) is 3.35. The van der Waals surface area contributed by atoms with Gasteiger partial charge >= 0.3 is 0 Å². The Morgan fingerprint density at radius 2 is 2.45 bits per heavy atom. The van der Waals surface area contributed by atoms with Crippen molar-refractivity contribution in [3.8, 4) is 5.75 Å². The molecule has 0 aromatic carbocycles. The van der Waals surface area contributed by atoms with Crippen LogP contribution in [0.15, 0.2) is 12.3 Å². The topological polar surface area (TPSA) is 51.0 Å². The normalized spacial score (nSPS) is 9.55. The van der Waals surface area contributed by atoms with Crippen molar-refractivity contribution in [2.24, 2.45) is 0 Å². The van der Waals surface area contributed by atoms with E-state index >= 15 is 0 Å². The molecule has 0 fully saturated rings. The molecular weight excluding hydrogens is 160 g/mol. The molecule has 0 aliphatic rings. The Morgan fingerprint density at radius 1 is 1.73 bits per heavy atom. The van der Waals surface area contributed by atoms with Crippen LogP contribution >= 0.6 is 12.2 Å². The van der Waals surface area contributed by atoms with Gasteiger partial charge in [0.2, 0.25) is 0 Å². The number of pyridine rings is 1. The summed E-state index contributed by atoms with van der Waals surface area (Å²) in [5.41, 5.74) is 6.08. The Hall–Kier alpha value is -1.03. The summed E-state index contributed by atoms with van der Waals surface area (Å²) in [5.74, 6) is 0.721. The summed E-state index contributed by atoms with van der Waals surface area (Å²) in [5, 5.41) is 0. The van der Waals surface area contributed by atoms with Crippen molar-refractivity contribution in [1.29, 1.82) is 0 Å². The van der Waals surface area contributed by atoms with Gasteiger partial charge in [0.1, 0.15) is 10.4 Å². The molecule has 0 saturated heterocycles. The van der Waals surface area contributed by atoms with E-state index in [0.29, 0.717) is 16.9 Å². The lowest BCUT2D eigenvalue weighted by Crippen LogP contribution is -1.94. The number of nitrogen functional groups attached to an aromatic ring is 1. The Morgan fingerprint density at radius 3 is 3.00 bits per heavy atom. The van der Waals surface area contributed by atoms with E-state index in [1.807, 2.05) is 6.92 Å². The van der Waals surface area contributed by atoms with Crippen LogP contribution in [0.4, 0.5) is 5.69 Å². The second-order valence-corrected chi connectivity index (χ2v) is 2.46. The van der Waals surface area contributed by atoms with Gasteiger partial charge in [0, 0.05) is 12.3 Å². The molecule has 11 heavy (non-hydrogen) atoms. The van der Waals surface area contributed by atoms with Gasteiger partial charge in [-0.1, -0.05) is 12.2 Å². The van der Waals surface area contributed by atoms with Gasteiger partial charge in [0.15, 0.2) is 0 Å². The molecule has 0 bridgehead atoms. The smallest absolute Gasteiger partial charge is 0.137 e. The van der Waals surface area contributed by atoms with E-state index in [2.05, 4.69) is 4.98 Å². The summed E-state index contributed by atoms with van der Waals surface area (Å²) in [6, 6.07) is 1.71. The highest BCUT2D eigenvalue weighted by Crippen LogP contribution is 2.13. The van der Waals surface area contributed by atoms with E-state index in [-0.39, 0.29) is 0 Å². The van der Waals surface area contributed by atoms with Crippen LogP contribution in [0.5, 0.6) is 5.75 Å². The van der Waals surface area contributed by atoms with Crippen molar-refractivity contribution >= 4 is 17.9 Å². The van der Waals surface area contributed by atoms with E-state index in [0.717, 1.165) is 5.75 Å². The number of hydrogen-bond donors (Lipinski definition) is 2. The van der Waals surface area contributed by atoms with Crippen LogP contribution < -0.4 is 10.5 Å². The number of hydrogen-bond acceptors (Lipinski definition) is 3. The Balaban J connectivity index is 2.96. The fourth-order valence-corrected chi connectivity index (χ4v) is 0.848. The first-order valence-corrected chi connectivity index (χ1v) is 3.76. The average molecular weight is 170 g/mol. The molecule has 0 atom stereocenters. The molecule has 0 saturated carbocycles. The number of aromatic nitrogens is 1. The van der Waals surface area contributed by atoms with Crippen LogP contribution in [0.1, 0.15) is 6.92 Å². The van der Waals surface area contributed by atoms with Crippen LogP contribution in [0.2, 0.25) is 0 Å². The quantitative estimate of drug-likeness (QED) is 0.664. The van der Waals surface area contributed by atoms with Gasteiger partial charge in [-0.15, -0.1) is 0 Å². The predicted molar refractivity (Wildman–Crippen MR) is 47.2 cm³/mol. The maximum atomic E-state index is 5.54. The van der Waals surface area contributed by atoms with Crippen LogP contribution in [0.25, 0.3) is 0 Å². The lowest BCUT2D eigenvalue weighted by atomic mass is 10.4. The number of nitrogens with two attached hydrogens (primary N) is 1. The van der Waals surface area contributed by atoms with Gasteiger partial charge in [-0.3, -0.25) is 0 Å². The van der Waals surface area contributed by atoms with E-state index < -0.39 is 0 Å². The van der Waals surface area contributed by atoms with Gasteiger partial charge in [0.25, 0.3) is 0 Å². The minimum atomic E-state index is 0.547. The molecule has 1 aromatic rings.